The van der Waals surface area contributed by atoms with Crippen molar-refractivity contribution in [2.45, 2.75) is 26.3 Å². The first kappa shape index (κ1) is 10.9. The summed E-state index contributed by atoms with van der Waals surface area (Å²) in [6.07, 6.45) is 1.13. The van der Waals surface area contributed by atoms with Crippen LogP contribution in [-0.4, -0.2) is 29.3 Å². The molecule has 1 aromatic rings. The fourth-order valence-corrected chi connectivity index (χ4v) is 1.51. The monoisotopic (exact) mass is 221 g/mol. The summed E-state index contributed by atoms with van der Waals surface area (Å²) in [6.45, 7) is 4.39. The van der Waals surface area contributed by atoms with Gasteiger partial charge >= 0.3 is 5.97 Å². The predicted octanol–water partition coefficient (Wildman–Crippen LogP) is 1.47. The van der Waals surface area contributed by atoms with E-state index in [4.69, 9.17) is 0 Å². The van der Waals surface area contributed by atoms with Crippen LogP contribution in [0.4, 0.5) is 5.82 Å². The zero-order chi connectivity index (χ0) is 11.8. The van der Waals surface area contributed by atoms with Crippen LogP contribution in [0.1, 0.15) is 30.8 Å². The third kappa shape index (κ3) is 2.13. The highest BCUT2D eigenvalue weighted by atomic mass is 16.5. The maximum Gasteiger partial charge on any atom is 0.358 e. The van der Waals surface area contributed by atoms with E-state index in [2.05, 4.69) is 34.1 Å². The zero-order valence-electron chi connectivity index (χ0n) is 9.65. The number of esters is 1. The molecular weight excluding hydrogens is 206 g/mol. The van der Waals surface area contributed by atoms with Crippen molar-refractivity contribution in [1.82, 2.24) is 10.2 Å². The Balaban J connectivity index is 2.00. The number of nitrogens with one attached hydrogen (secondary N) is 1. The molecule has 0 aromatic carbocycles. The van der Waals surface area contributed by atoms with Crippen molar-refractivity contribution in [2.75, 3.05) is 12.4 Å². The van der Waals surface area contributed by atoms with Crippen LogP contribution in [0.3, 0.4) is 0 Å². The number of hydrogen-bond acceptors (Lipinski definition) is 5. The van der Waals surface area contributed by atoms with Crippen LogP contribution in [0, 0.1) is 5.41 Å². The van der Waals surface area contributed by atoms with Crippen LogP contribution in [0.25, 0.3) is 0 Å². The Kier molecular flexibility index (Phi) is 2.53. The second-order valence-electron chi connectivity index (χ2n) is 4.69. The van der Waals surface area contributed by atoms with Crippen LogP contribution >= 0.6 is 0 Å². The smallest absolute Gasteiger partial charge is 0.358 e. The standard InChI is InChI=1S/C11H15N3O2/c1-11(2)6-8(11)12-9-5-4-7(13-14-9)10(15)16-3/h4-5,8H,6H2,1-3H3,(H,12,14). The molecule has 0 saturated heterocycles. The molecule has 5 heteroatoms. The first-order valence-electron chi connectivity index (χ1n) is 5.21. The first-order chi connectivity index (χ1) is 7.53. The van der Waals surface area contributed by atoms with Gasteiger partial charge in [0.15, 0.2) is 5.69 Å². The van der Waals surface area contributed by atoms with E-state index in [-0.39, 0.29) is 5.69 Å². The summed E-state index contributed by atoms with van der Waals surface area (Å²) >= 11 is 0. The van der Waals surface area contributed by atoms with Gasteiger partial charge in [-0.25, -0.2) is 4.79 Å². The van der Waals surface area contributed by atoms with Crippen LogP contribution < -0.4 is 5.32 Å². The molecule has 1 aliphatic rings. The molecule has 2 rings (SSSR count). The maximum atomic E-state index is 11.1. The van der Waals surface area contributed by atoms with Crippen LogP contribution in [-0.2, 0) is 4.74 Å². The molecule has 0 amide bonds. The molecule has 1 heterocycles. The normalized spacial score (nSPS) is 21.3. The van der Waals surface area contributed by atoms with Crippen molar-refractivity contribution < 1.29 is 9.53 Å². The molecule has 1 fully saturated rings. The highest BCUT2D eigenvalue weighted by Crippen LogP contribution is 2.46. The summed E-state index contributed by atoms with van der Waals surface area (Å²) in [6, 6.07) is 3.80. The average molecular weight is 221 g/mol. The van der Waals surface area contributed by atoms with E-state index >= 15 is 0 Å². The number of ether oxygens (including phenoxy) is 1. The lowest BCUT2D eigenvalue weighted by atomic mass is 10.2. The molecule has 0 radical (unpaired) electrons. The van der Waals surface area contributed by atoms with Crippen molar-refractivity contribution in [3.05, 3.63) is 17.8 Å². The van der Waals surface area contributed by atoms with Crippen LogP contribution in [0.2, 0.25) is 0 Å². The molecule has 1 aromatic heterocycles. The van der Waals surface area contributed by atoms with E-state index in [0.29, 0.717) is 17.3 Å². The number of rotatable bonds is 3. The van der Waals surface area contributed by atoms with E-state index in [9.17, 15) is 4.79 Å². The van der Waals surface area contributed by atoms with Gasteiger partial charge in [0.1, 0.15) is 5.82 Å². The summed E-state index contributed by atoms with van der Waals surface area (Å²) in [5.74, 6) is 0.231. The van der Waals surface area contributed by atoms with Crippen molar-refractivity contribution in [3.63, 3.8) is 0 Å². The Labute approximate surface area is 94.2 Å². The summed E-state index contributed by atoms with van der Waals surface area (Å²) in [5.41, 5.74) is 0.561. The molecule has 1 saturated carbocycles. The van der Waals surface area contributed by atoms with Gasteiger partial charge in [-0.2, -0.15) is 0 Å². The second kappa shape index (κ2) is 3.73. The highest BCUT2D eigenvalue weighted by Gasteiger charge is 2.45. The molecule has 1 unspecified atom stereocenters. The Morgan fingerprint density at radius 3 is 2.62 bits per heavy atom. The van der Waals surface area contributed by atoms with Gasteiger partial charge in [0.25, 0.3) is 0 Å². The van der Waals surface area contributed by atoms with E-state index in [1.54, 1.807) is 12.1 Å². The Hall–Kier alpha value is -1.65. The fourth-order valence-electron chi connectivity index (χ4n) is 1.51. The number of anilines is 1. The Bertz CT molecular complexity index is 400. The summed E-state index contributed by atoms with van der Waals surface area (Å²) in [4.78, 5) is 11.1. The van der Waals surface area contributed by atoms with Gasteiger partial charge in [0.2, 0.25) is 0 Å². The van der Waals surface area contributed by atoms with Gasteiger partial charge < -0.3 is 10.1 Å². The number of carbonyl (C=O) groups excluding carboxylic acids is 1. The van der Waals surface area contributed by atoms with Crippen molar-refractivity contribution in [2.24, 2.45) is 5.41 Å². The Morgan fingerprint density at radius 2 is 2.19 bits per heavy atom. The molecule has 16 heavy (non-hydrogen) atoms. The fraction of sp³-hybridized carbons (Fsp3) is 0.545. The quantitative estimate of drug-likeness (QED) is 0.783. The summed E-state index contributed by atoms with van der Waals surface area (Å²) in [5, 5.41) is 11.0. The van der Waals surface area contributed by atoms with E-state index in [1.165, 1.54) is 7.11 Å². The number of hydrogen-bond donors (Lipinski definition) is 1. The topological polar surface area (TPSA) is 64.1 Å². The van der Waals surface area contributed by atoms with Gasteiger partial charge in [-0.15, -0.1) is 10.2 Å². The minimum Gasteiger partial charge on any atom is -0.464 e. The minimum atomic E-state index is -0.467. The molecule has 0 aliphatic heterocycles. The van der Waals surface area contributed by atoms with Crippen LogP contribution in [0.15, 0.2) is 12.1 Å². The molecule has 86 valence electrons. The van der Waals surface area contributed by atoms with Crippen LogP contribution in [0.5, 0.6) is 0 Å². The van der Waals surface area contributed by atoms with E-state index in [0.717, 1.165) is 6.42 Å². The SMILES string of the molecule is COC(=O)c1ccc(NC2CC2(C)C)nn1. The number of nitrogens with zero attached hydrogens (tertiary/aromatic N) is 2. The highest BCUT2D eigenvalue weighted by molar-refractivity contribution is 5.86. The van der Waals surface area contributed by atoms with E-state index in [1.807, 2.05) is 0 Å². The molecule has 1 N–H and O–H groups in total. The average Bonchev–Trinajstić information content (AvgIpc) is 2.86. The van der Waals surface area contributed by atoms with Crippen molar-refractivity contribution in [1.29, 1.82) is 0 Å². The molecular formula is C11H15N3O2. The minimum absolute atomic E-state index is 0.225. The predicted molar refractivity (Wildman–Crippen MR) is 59.2 cm³/mol. The van der Waals surface area contributed by atoms with Crippen molar-refractivity contribution in [3.8, 4) is 0 Å². The second-order valence-corrected chi connectivity index (χ2v) is 4.69. The lowest BCUT2D eigenvalue weighted by molar-refractivity contribution is 0.0593. The Morgan fingerprint density at radius 1 is 1.50 bits per heavy atom. The molecule has 1 atom stereocenters. The van der Waals surface area contributed by atoms with Gasteiger partial charge in [-0.3, -0.25) is 0 Å². The summed E-state index contributed by atoms with van der Waals surface area (Å²) < 4.78 is 4.54. The largest absolute Gasteiger partial charge is 0.464 e. The number of methoxy groups -OCH3 is 1. The lowest BCUT2D eigenvalue weighted by Gasteiger charge is -2.06. The van der Waals surface area contributed by atoms with Gasteiger partial charge in [-0.1, -0.05) is 13.8 Å². The summed E-state index contributed by atoms with van der Waals surface area (Å²) in [7, 11) is 1.32. The molecule has 0 bridgehead atoms. The third-order valence-corrected chi connectivity index (χ3v) is 2.89. The van der Waals surface area contributed by atoms with E-state index < -0.39 is 5.97 Å². The van der Waals surface area contributed by atoms with Gasteiger partial charge in [0, 0.05) is 6.04 Å². The zero-order valence-corrected chi connectivity index (χ0v) is 9.65. The third-order valence-electron chi connectivity index (χ3n) is 2.89. The van der Waals surface area contributed by atoms with Gasteiger partial charge in [0.05, 0.1) is 7.11 Å². The first-order valence-corrected chi connectivity index (χ1v) is 5.21. The number of aromatic nitrogens is 2. The molecule has 5 nitrogen and oxygen atoms in total. The van der Waals surface area contributed by atoms with Crippen molar-refractivity contribution >= 4 is 11.8 Å². The van der Waals surface area contributed by atoms with Gasteiger partial charge in [-0.05, 0) is 24.0 Å². The lowest BCUT2D eigenvalue weighted by Crippen LogP contribution is -2.12. The number of carbonyl (C=O) groups is 1. The molecule has 1 aliphatic carbocycles. The maximum absolute atomic E-state index is 11.1. The molecule has 0 spiro atoms.